The summed E-state index contributed by atoms with van der Waals surface area (Å²) in [5, 5.41) is 9.09. The van der Waals surface area contributed by atoms with E-state index in [9.17, 15) is 4.79 Å². The molecule has 98 valence electrons. The van der Waals surface area contributed by atoms with E-state index in [0.717, 1.165) is 38.9 Å². The zero-order valence-corrected chi connectivity index (χ0v) is 10.8. The zero-order valence-electron chi connectivity index (χ0n) is 10.8. The lowest BCUT2D eigenvalue weighted by atomic mass is 10.0. The van der Waals surface area contributed by atoms with Gasteiger partial charge < -0.3 is 10.0 Å². The van der Waals surface area contributed by atoms with Crippen molar-refractivity contribution in [1.29, 1.82) is 0 Å². The fourth-order valence-corrected chi connectivity index (χ4v) is 2.96. The van der Waals surface area contributed by atoms with E-state index in [0.29, 0.717) is 18.5 Å². The molecule has 0 aliphatic carbocycles. The maximum absolute atomic E-state index is 12.2. The van der Waals surface area contributed by atoms with E-state index in [-0.39, 0.29) is 12.5 Å². The normalized spacial score (nSPS) is 30.8. The molecule has 2 saturated heterocycles. The van der Waals surface area contributed by atoms with Crippen molar-refractivity contribution in [3.8, 4) is 0 Å². The van der Waals surface area contributed by atoms with Crippen LogP contribution in [0.3, 0.4) is 0 Å². The Kier molecular flexibility index (Phi) is 4.40. The minimum atomic E-state index is 0.255. The summed E-state index contributed by atoms with van der Waals surface area (Å²) in [6.45, 7) is 5.71. The monoisotopic (exact) mass is 240 g/mol. The molecule has 0 aromatic heterocycles. The second-order valence-electron chi connectivity index (χ2n) is 5.50. The third-order valence-corrected chi connectivity index (χ3v) is 4.11. The van der Waals surface area contributed by atoms with Crippen LogP contribution in [0.15, 0.2) is 0 Å². The van der Waals surface area contributed by atoms with Crippen molar-refractivity contribution in [2.45, 2.75) is 38.6 Å². The van der Waals surface area contributed by atoms with Crippen LogP contribution in [0.1, 0.15) is 32.6 Å². The fourth-order valence-electron chi connectivity index (χ4n) is 2.96. The first-order valence-electron chi connectivity index (χ1n) is 6.83. The molecule has 0 aromatic rings. The Labute approximate surface area is 104 Å². The third kappa shape index (κ3) is 3.19. The molecule has 2 aliphatic heterocycles. The molecule has 2 heterocycles. The summed E-state index contributed by atoms with van der Waals surface area (Å²) in [7, 11) is 0. The number of amides is 1. The summed E-state index contributed by atoms with van der Waals surface area (Å²) in [5.74, 6) is 0.650. The predicted octanol–water partition coefficient (Wildman–Crippen LogP) is 0.702. The largest absolute Gasteiger partial charge is 0.396 e. The van der Waals surface area contributed by atoms with E-state index in [4.69, 9.17) is 5.11 Å². The van der Waals surface area contributed by atoms with Crippen LogP contribution >= 0.6 is 0 Å². The molecule has 0 unspecified atom stereocenters. The van der Waals surface area contributed by atoms with Gasteiger partial charge in [0.15, 0.2) is 0 Å². The first-order valence-corrected chi connectivity index (χ1v) is 6.83. The lowest BCUT2D eigenvalue weighted by Gasteiger charge is -2.34. The lowest BCUT2D eigenvalue weighted by molar-refractivity contribution is -0.135. The molecule has 0 spiro atoms. The zero-order chi connectivity index (χ0) is 12.3. The number of carbonyl (C=O) groups is 1. The van der Waals surface area contributed by atoms with Gasteiger partial charge >= 0.3 is 0 Å². The van der Waals surface area contributed by atoms with Gasteiger partial charge in [0, 0.05) is 25.7 Å². The molecule has 2 aliphatic rings. The van der Waals surface area contributed by atoms with Gasteiger partial charge in [-0.2, -0.15) is 0 Å². The molecule has 2 atom stereocenters. The van der Waals surface area contributed by atoms with Gasteiger partial charge in [-0.25, -0.2) is 0 Å². The molecular weight excluding hydrogens is 216 g/mol. The van der Waals surface area contributed by atoms with E-state index in [1.54, 1.807) is 0 Å². The minimum absolute atomic E-state index is 0.255. The van der Waals surface area contributed by atoms with E-state index in [1.807, 2.05) is 4.90 Å². The number of aliphatic hydroxyl groups is 1. The molecule has 17 heavy (non-hydrogen) atoms. The number of hydrogen-bond acceptors (Lipinski definition) is 3. The SMILES string of the molecule is C[C@@H]1CCCCN1C(=O)CN1CC[C@@H](CO)C1. The van der Waals surface area contributed by atoms with Gasteiger partial charge in [-0.15, -0.1) is 0 Å². The Hall–Kier alpha value is -0.610. The number of aliphatic hydroxyl groups excluding tert-OH is 1. The predicted molar refractivity (Wildman–Crippen MR) is 66.7 cm³/mol. The van der Waals surface area contributed by atoms with E-state index < -0.39 is 0 Å². The maximum Gasteiger partial charge on any atom is 0.236 e. The molecule has 2 rings (SSSR count). The number of nitrogens with zero attached hydrogens (tertiary/aromatic N) is 2. The molecule has 2 fully saturated rings. The van der Waals surface area contributed by atoms with Crippen molar-refractivity contribution in [2.75, 3.05) is 32.8 Å². The van der Waals surface area contributed by atoms with Gasteiger partial charge in [0.1, 0.15) is 0 Å². The Morgan fingerprint density at radius 2 is 2.12 bits per heavy atom. The summed E-state index contributed by atoms with van der Waals surface area (Å²) in [4.78, 5) is 16.4. The molecule has 0 aromatic carbocycles. The van der Waals surface area contributed by atoms with Crippen molar-refractivity contribution < 1.29 is 9.90 Å². The van der Waals surface area contributed by atoms with Crippen LogP contribution in [0.2, 0.25) is 0 Å². The lowest BCUT2D eigenvalue weighted by Crippen LogP contribution is -2.46. The summed E-state index contributed by atoms with van der Waals surface area (Å²) in [6.07, 6.45) is 4.57. The highest BCUT2D eigenvalue weighted by Gasteiger charge is 2.28. The first-order chi connectivity index (χ1) is 8.20. The smallest absolute Gasteiger partial charge is 0.236 e. The fraction of sp³-hybridized carbons (Fsp3) is 0.923. The van der Waals surface area contributed by atoms with Crippen molar-refractivity contribution in [3.63, 3.8) is 0 Å². The summed E-state index contributed by atoms with van der Waals surface area (Å²) < 4.78 is 0. The van der Waals surface area contributed by atoms with Crippen LogP contribution in [0.5, 0.6) is 0 Å². The molecule has 1 amide bonds. The van der Waals surface area contributed by atoms with Crippen molar-refractivity contribution in [3.05, 3.63) is 0 Å². The maximum atomic E-state index is 12.2. The average molecular weight is 240 g/mol. The Bertz CT molecular complexity index is 270. The first kappa shape index (κ1) is 12.8. The Morgan fingerprint density at radius 1 is 1.29 bits per heavy atom. The van der Waals surface area contributed by atoms with Gasteiger partial charge in [0.2, 0.25) is 5.91 Å². The summed E-state index contributed by atoms with van der Waals surface area (Å²) >= 11 is 0. The van der Waals surface area contributed by atoms with Gasteiger partial charge in [-0.3, -0.25) is 9.69 Å². The topological polar surface area (TPSA) is 43.8 Å². The Morgan fingerprint density at radius 3 is 2.76 bits per heavy atom. The van der Waals surface area contributed by atoms with E-state index in [2.05, 4.69) is 11.8 Å². The van der Waals surface area contributed by atoms with Crippen molar-refractivity contribution in [2.24, 2.45) is 5.92 Å². The molecule has 0 saturated carbocycles. The number of piperidine rings is 1. The number of hydrogen-bond donors (Lipinski definition) is 1. The van der Waals surface area contributed by atoms with Crippen LogP contribution in [0, 0.1) is 5.92 Å². The number of likely N-dealkylation sites (tertiary alicyclic amines) is 2. The van der Waals surface area contributed by atoms with Gasteiger partial charge in [-0.05, 0) is 45.1 Å². The second-order valence-corrected chi connectivity index (χ2v) is 5.50. The molecular formula is C13H24N2O2. The second kappa shape index (κ2) is 5.83. The highest BCUT2D eigenvalue weighted by Crippen LogP contribution is 2.19. The molecule has 0 bridgehead atoms. The number of rotatable bonds is 3. The summed E-state index contributed by atoms with van der Waals surface area (Å²) in [6, 6.07) is 0.410. The van der Waals surface area contributed by atoms with Crippen LogP contribution in [0.4, 0.5) is 0 Å². The molecule has 0 radical (unpaired) electrons. The average Bonchev–Trinajstić information content (AvgIpc) is 2.77. The van der Waals surface area contributed by atoms with E-state index >= 15 is 0 Å². The van der Waals surface area contributed by atoms with Crippen molar-refractivity contribution in [1.82, 2.24) is 9.80 Å². The van der Waals surface area contributed by atoms with Crippen LogP contribution in [-0.4, -0.2) is 59.6 Å². The quantitative estimate of drug-likeness (QED) is 0.790. The third-order valence-electron chi connectivity index (χ3n) is 4.11. The van der Waals surface area contributed by atoms with E-state index in [1.165, 1.54) is 6.42 Å². The molecule has 1 N–H and O–H groups in total. The Balaban J connectivity index is 1.80. The van der Waals surface area contributed by atoms with Crippen molar-refractivity contribution >= 4 is 5.91 Å². The number of carbonyl (C=O) groups excluding carboxylic acids is 1. The standard InChI is InChI=1S/C13H24N2O2/c1-11-4-2-3-6-15(11)13(17)9-14-7-5-12(8-14)10-16/h11-12,16H,2-10H2,1H3/t11-,12-/m1/s1. The highest BCUT2D eigenvalue weighted by molar-refractivity contribution is 5.78. The van der Waals surface area contributed by atoms with Crippen LogP contribution in [-0.2, 0) is 4.79 Å². The van der Waals surface area contributed by atoms with Crippen LogP contribution < -0.4 is 0 Å². The minimum Gasteiger partial charge on any atom is -0.396 e. The van der Waals surface area contributed by atoms with Gasteiger partial charge in [-0.1, -0.05) is 0 Å². The van der Waals surface area contributed by atoms with Gasteiger partial charge in [0.25, 0.3) is 0 Å². The van der Waals surface area contributed by atoms with Gasteiger partial charge in [0.05, 0.1) is 6.54 Å². The highest BCUT2D eigenvalue weighted by atomic mass is 16.3. The molecule has 4 heteroatoms. The summed E-state index contributed by atoms with van der Waals surface area (Å²) in [5.41, 5.74) is 0. The van der Waals surface area contributed by atoms with Crippen LogP contribution in [0.25, 0.3) is 0 Å². The molecule has 4 nitrogen and oxygen atoms in total.